The summed E-state index contributed by atoms with van der Waals surface area (Å²) in [5, 5.41) is 20.3. The highest BCUT2D eigenvalue weighted by atomic mass is 15.4. The number of aromatic nitrogens is 7. The molecule has 1 aliphatic rings. The first-order valence-electron chi connectivity index (χ1n) is 8.81. The van der Waals surface area contributed by atoms with Gasteiger partial charge >= 0.3 is 0 Å². The van der Waals surface area contributed by atoms with Crippen molar-refractivity contribution >= 4 is 5.82 Å². The van der Waals surface area contributed by atoms with E-state index in [-0.39, 0.29) is 0 Å². The van der Waals surface area contributed by atoms with Gasteiger partial charge in [-0.1, -0.05) is 0 Å². The normalized spacial score (nSPS) is 15.6. The number of nitrogens with zero attached hydrogens (tertiary/aromatic N) is 8. The third kappa shape index (κ3) is 3.43. The number of rotatable bonds is 4. The molecule has 9 nitrogen and oxygen atoms in total. The first-order chi connectivity index (χ1) is 12.6. The van der Waals surface area contributed by atoms with Crippen LogP contribution in [0.2, 0.25) is 0 Å². The molecule has 3 aromatic rings. The summed E-state index contributed by atoms with van der Waals surface area (Å²) in [5.74, 6) is 3.36. The molecule has 1 aliphatic heterocycles. The summed E-state index contributed by atoms with van der Waals surface area (Å²) in [6.45, 7) is 10.4. The van der Waals surface area contributed by atoms with E-state index in [1.54, 1.807) is 0 Å². The molecule has 0 atom stereocenters. The van der Waals surface area contributed by atoms with Crippen molar-refractivity contribution < 1.29 is 0 Å². The maximum absolute atomic E-state index is 4.45. The minimum atomic E-state index is 0.748. The molecule has 9 heteroatoms. The molecule has 1 fully saturated rings. The van der Waals surface area contributed by atoms with Crippen molar-refractivity contribution in [2.75, 3.05) is 31.1 Å². The fraction of sp³-hybridized carbons (Fsp3) is 0.471. The smallest absolute Gasteiger partial charge is 0.176 e. The summed E-state index contributed by atoms with van der Waals surface area (Å²) in [6.07, 6.45) is 0. The highest BCUT2D eigenvalue weighted by molar-refractivity contribution is 5.40. The molecule has 0 spiro atoms. The van der Waals surface area contributed by atoms with E-state index in [2.05, 4.69) is 40.3 Å². The van der Waals surface area contributed by atoms with Gasteiger partial charge in [-0.2, -0.15) is 10.2 Å². The molecular weight excluding hydrogens is 330 g/mol. The Morgan fingerprint density at radius 1 is 1.00 bits per heavy atom. The average molecular weight is 353 g/mol. The fourth-order valence-electron chi connectivity index (χ4n) is 3.26. The Bertz CT molecular complexity index is 872. The number of aromatic amines is 1. The Labute approximate surface area is 152 Å². The monoisotopic (exact) mass is 353 g/mol. The summed E-state index contributed by atoms with van der Waals surface area (Å²) in [7, 11) is 0. The van der Waals surface area contributed by atoms with Gasteiger partial charge in [-0.3, -0.25) is 10.00 Å². The van der Waals surface area contributed by atoms with Crippen LogP contribution in [0.4, 0.5) is 5.82 Å². The van der Waals surface area contributed by atoms with Crippen molar-refractivity contribution in [2.45, 2.75) is 27.3 Å². The van der Waals surface area contributed by atoms with Gasteiger partial charge in [-0.25, -0.2) is 9.67 Å². The second-order valence-electron chi connectivity index (χ2n) is 6.69. The molecule has 26 heavy (non-hydrogen) atoms. The average Bonchev–Trinajstić information content (AvgIpc) is 3.20. The molecule has 0 bridgehead atoms. The number of hydrogen-bond acceptors (Lipinski definition) is 7. The number of anilines is 1. The molecule has 0 amide bonds. The minimum absolute atomic E-state index is 0.748. The van der Waals surface area contributed by atoms with E-state index < -0.39 is 0 Å². The Hall–Kier alpha value is -2.81. The Kier molecular flexibility index (Phi) is 4.37. The number of piperazine rings is 1. The van der Waals surface area contributed by atoms with Gasteiger partial charge in [0.25, 0.3) is 0 Å². The summed E-state index contributed by atoms with van der Waals surface area (Å²) < 4.78 is 1.82. The molecule has 0 radical (unpaired) electrons. The summed E-state index contributed by atoms with van der Waals surface area (Å²) >= 11 is 0. The molecule has 1 saturated heterocycles. The van der Waals surface area contributed by atoms with Gasteiger partial charge in [0, 0.05) is 31.9 Å². The topological polar surface area (TPSA) is 91.7 Å². The van der Waals surface area contributed by atoms with Gasteiger partial charge < -0.3 is 4.90 Å². The van der Waals surface area contributed by atoms with Crippen LogP contribution in [0.1, 0.15) is 23.0 Å². The van der Waals surface area contributed by atoms with Crippen LogP contribution in [-0.4, -0.2) is 66.2 Å². The molecule has 0 unspecified atom stereocenters. The summed E-state index contributed by atoms with van der Waals surface area (Å²) in [5.41, 5.74) is 2.03. The summed E-state index contributed by atoms with van der Waals surface area (Å²) in [6, 6.07) is 6.03. The third-order valence-corrected chi connectivity index (χ3v) is 4.57. The van der Waals surface area contributed by atoms with Crippen LogP contribution in [-0.2, 0) is 6.54 Å². The second-order valence-corrected chi connectivity index (χ2v) is 6.69. The molecule has 0 aliphatic carbocycles. The van der Waals surface area contributed by atoms with Crippen LogP contribution in [0.3, 0.4) is 0 Å². The largest absolute Gasteiger partial charge is 0.353 e. The summed E-state index contributed by atoms with van der Waals surface area (Å²) in [4.78, 5) is 9.00. The molecule has 4 rings (SSSR count). The van der Waals surface area contributed by atoms with Crippen LogP contribution in [0.25, 0.3) is 5.82 Å². The first kappa shape index (κ1) is 16.6. The van der Waals surface area contributed by atoms with Crippen molar-refractivity contribution in [2.24, 2.45) is 0 Å². The van der Waals surface area contributed by atoms with Crippen molar-refractivity contribution in [1.82, 2.24) is 40.1 Å². The lowest BCUT2D eigenvalue weighted by Gasteiger charge is -2.34. The predicted molar refractivity (Wildman–Crippen MR) is 97.2 cm³/mol. The predicted octanol–water partition coefficient (Wildman–Crippen LogP) is 1.03. The zero-order valence-corrected chi connectivity index (χ0v) is 15.3. The molecule has 1 N–H and O–H groups in total. The van der Waals surface area contributed by atoms with E-state index in [0.717, 1.165) is 67.4 Å². The van der Waals surface area contributed by atoms with Crippen LogP contribution >= 0.6 is 0 Å². The lowest BCUT2D eigenvalue weighted by atomic mass is 10.3. The zero-order chi connectivity index (χ0) is 18.1. The number of aryl methyl sites for hydroxylation is 3. The van der Waals surface area contributed by atoms with Crippen molar-refractivity contribution in [3.05, 3.63) is 41.2 Å². The minimum Gasteiger partial charge on any atom is -0.353 e. The molecule has 4 heterocycles. The van der Waals surface area contributed by atoms with Crippen molar-refractivity contribution in [3.8, 4) is 5.82 Å². The van der Waals surface area contributed by atoms with Crippen LogP contribution in [0.15, 0.2) is 18.2 Å². The van der Waals surface area contributed by atoms with Crippen LogP contribution in [0, 0.1) is 20.8 Å². The van der Waals surface area contributed by atoms with E-state index in [4.69, 9.17) is 0 Å². The Balaban J connectivity index is 1.38. The first-order valence-corrected chi connectivity index (χ1v) is 8.81. The third-order valence-electron chi connectivity index (χ3n) is 4.57. The highest BCUT2D eigenvalue weighted by Crippen LogP contribution is 2.16. The van der Waals surface area contributed by atoms with E-state index in [0.29, 0.717) is 0 Å². The van der Waals surface area contributed by atoms with Gasteiger partial charge in [0.1, 0.15) is 5.82 Å². The lowest BCUT2D eigenvalue weighted by molar-refractivity contribution is 0.243. The van der Waals surface area contributed by atoms with E-state index in [1.165, 1.54) is 0 Å². The van der Waals surface area contributed by atoms with E-state index >= 15 is 0 Å². The SMILES string of the molecule is Cc1cc(C)n(-c2ccc(N3CCN(Cc4n[nH]c(C)n4)CC3)nn2)n1. The highest BCUT2D eigenvalue weighted by Gasteiger charge is 2.20. The number of hydrogen-bond donors (Lipinski definition) is 1. The van der Waals surface area contributed by atoms with Crippen molar-refractivity contribution in [1.29, 1.82) is 0 Å². The van der Waals surface area contributed by atoms with Gasteiger partial charge in [0.15, 0.2) is 17.5 Å². The fourth-order valence-corrected chi connectivity index (χ4v) is 3.26. The molecule has 0 aromatic carbocycles. The number of nitrogens with one attached hydrogen (secondary N) is 1. The maximum atomic E-state index is 4.45. The van der Waals surface area contributed by atoms with Crippen LogP contribution < -0.4 is 4.90 Å². The standard InChI is InChI=1S/C17H23N9/c1-12-10-13(2)26(23-12)17-5-4-16(21-22-17)25-8-6-24(7-9-25)11-15-18-14(3)19-20-15/h4-5,10H,6-9,11H2,1-3H3,(H,18,19,20). The van der Waals surface area contributed by atoms with Gasteiger partial charge in [-0.15, -0.1) is 10.2 Å². The Morgan fingerprint density at radius 2 is 1.73 bits per heavy atom. The van der Waals surface area contributed by atoms with Gasteiger partial charge in [0.05, 0.1) is 12.2 Å². The van der Waals surface area contributed by atoms with E-state index in [1.807, 2.05) is 43.7 Å². The lowest BCUT2D eigenvalue weighted by Crippen LogP contribution is -2.46. The van der Waals surface area contributed by atoms with Gasteiger partial charge in [-0.05, 0) is 39.0 Å². The van der Waals surface area contributed by atoms with Gasteiger partial charge in [0.2, 0.25) is 0 Å². The van der Waals surface area contributed by atoms with Crippen LogP contribution in [0.5, 0.6) is 0 Å². The molecular formula is C17H23N9. The molecule has 136 valence electrons. The second kappa shape index (κ2) is 6.83. The maximum Gasteiger partial charge on any atom is 0.176 e. The zero-order valence-electron chi connectivity index (χ0n) is 15.3. The Morgan fingerprint density at radius 3 is 2.31 bits per heavy atom. The molecule has 3 aromatic heterocycles. The quantitative estimate of drug-likeness (QED) is 0.749. The molecule has 0 saturated carbocycles. The van der Waals surface area contributed by atoms with Crippen molar-refractivity contribution in [3.63, 3.8) is 0 Å². The van der Waals surface area contributed by atoms with E-state index in [9.17, 15) is 0 Å². The number of H-pyrrole nitrogens is 1.